The molecule has 0 unspecified atom stereocenters. The molecule has 3 aromatic rings. The summed E-state index contributed by atoms with van der Waals surface area (Å²) in [5, 5.41) is 7.66. The van der Waals surface area contributed by atoms with Crippen molar-refractivity contribution in [1.29, 1.82) is 0 Å². The number of amides is 1. The maximum absolute atomic E-state index is 12.2. The summed E-state index contributed by atoms with van der Waals surface area (Å²) in [6.45, 7) is 2.29. The molecule has 0 fully saturated rings. The van der Waals surface area contributed by atoms with E-state index >= 15 is 0 Å². The van der Waals surface area contributed by atoms with Gasteiger partial charge in [0.25, 0.3) is 5.91 Å². The zero-order chi connectivity index (χ0) is 16.2. The first kappa shape index (κ1) is 15.2. The fraction of sp³-hybridized carbons (Fsp3) is 0.118. The van der Waals surface area contributed by atoms with E-state index in [1.54, 1.807) is 23.0 Å². The summed E-state index contributed by atoms with van der Waals surface area (Å²) in [4.78, 5) is 16.5. The van der Waals surface area contributed by atoms with Gasteiger partial charge in [-0.25, -0.2) is 4.68 Å². The van der Waals surface area contributed by atoms with Gasteiger partial charge in [-0.3, -0.25) is 9.78 Å². The van der Waals surface area contributed by atoms with Crippen LogP contribution in [0.1, 0.15) is 21.7 Å². The van der Waals surface area contributed by atoms with Gasteiger partial charge in [-0.1, -0.05) is 23.7 Å². The van der Waals surface area contributed by atoms with Gasteiger partial charge in [0.2, 0.25) is 0 Å². The number of benzene rings is 1. The Morgan fingerprint density at radius 3 is 2.87 bits per heavy atom. The van der Waals surface area contributed by atoms with Crippen LogP contribution in [0.5, 0.6) is 0 Å². The molecule has 0 bridgehead atoms. The molecule has 5 nitrogen and oxygen atoms in total. The highest BCUT2D eigenvalue weighted by atomic mass is 35.5. The average Bonchev–Trinajstić information content (AvgIpc) is 3.03. The van der Waals surface area contributed by atoms with Gasteiger partial charge in [-0.05, 0) is 37.3 Å². The second kappa shape index (κ2) is 6.62. The zero-order valence-corrected chi connectivity index (χ0v) is 13.3. The van der Waals surface area contributed by atoms with E-state index in [1.165, 1.54) is 6.20 Å². The first-order valence-corrected chi connectivity index (χ1v) is 7.51. The second-order valence-corrected chi connectivity index (χ2v) is 5.54. The minimum absolute atomic E-state index is 0.193. The van der Waals surface area contributed by atoms with E-state index in [0.29, 0.717) is 17.1 Å². The maximum Gasteiger partial charge on any atom is 0.254 e. The highest BCUT2D eigenvalue weighted by Crippen LogP contribution is 2.14. The lowest BCUT2D eigenvalue weighted by Crippen LogP contribution is -2.23. The molecule has 2 heterocycles. The van der Waals surface area contributed by atoms with E-state index < -0.39 is 0 Å². The molecule has 6 heteroatoms. The molecule has 116 valence electrons. The van der Waals surface area contributed by atoms with Crippen molar-refractivity contribution in [2.45, 2.75) is 13.5 Å². The lowest BCUT2D eigenvalue weighted by atomic mass is 10.3. The summed E-state index contributed by atoms with van der Waals surface area (Å²) in [5.74, 6) is -0.193. The van der Waals surface area contributed by atoms with Crippen molar-refractivity contribution < 1.29 is 4.79 Å². The quantitative estimate of drug-likeness (QED) is 0.801. The van der Waals surface area contributed by atoms with Crippen LogP contribution in [0.25, 0.3) is 5.69 Å². The molecule has 0 radical (unpaired) electrons. The van der Waals surface area contributed by atoms with Gasteiger partial charge in [0.05, 0.1) is 29.7 Å². The van der Waals surface area contributed by atoms with Crippen molar-refractivity contribution in [3.8, 4) is 5.69 Å². The number of aryl methyl sites for hydroxylation is 1. The standard InChI is InChI=1S/C17H15ClN4O/c1-12-4-2-6-15(21-12)10-19-17(23)13-9-20-22(11-13)16-7-3-5-14(18)8-16/h2-9,11H,10H2,1H3,(H,19,23). The number of halogens is 1. The van der Waals surface area contributed by atoms with Gasteiger partial charge in [-0.2, -0.15) is 5.10 Å². The molecular formula is C17H15ClN4O. The fourth-order valence-electron chi connectivity index (χ4n) is 2.17. The summed E-state index contributed by atoms with van der Waals surface area (Å²) >= 11 is 5.97. The van der Waals surface area contributed by atoms with Crippen LogP contribution in [-0.4, -0.2) is 20.7 Å². The lowest BCUT2D eigenvalue weighted by Gasteiger charge is -2.04. The summed E-state index contributed by atoms with van der Waals surface area (Å²) < 4.78 is 1.62. The third-order valence-electron chi connectivity index (χ3n) is 3.29. The second-order valence-electron chi connectivity index (χ2n) is 5.11. The minimum Gasteiger partial charge on any atom is -0.346 e. The Morgan fingerprint density at radius 2 is 2.09 bits per heavy atom. The Morgan fingerprint density at radius 1 is 1.26 bits per heavy atom. The predicted octanol–water partition coefficient (Wildman–Crippen LogP) is 3.16. The van der Waals surface area contributed by atoms with Crippen molar-refractivity contribution in [3.63, 3.8) is 0 Å². The number of aromatic nitrogens is 3. The maximum atomic E-state index is 12.2. The number of carbonyl (C=O) groups is 1. The van der Waals surface area contributed by atoms with E-state index in [1.807, 2.05) is 37.3 Å². The van der Waals surface area contributed by atoms with Crippen LogP contribution >= 0.6 is 11.6 Å². The molecule has 0 atom stereocenters. The third kappa shape index (κ3) is 3.76. The van der Waals surface area contributed by atoms with E-state index in [0.717, 1.165) is 17.1 Å². The minimum atomic E-state index is -0.193. The number of pyridine rings is 1. The van der Waals surface area contributed by atoms with Crippen LogP contribution in [0.4, 0.5) is 0 Å². The highest BCUT2D eigenvalue weighted by Gasteiger charge is 2.09. The molecule has 0 aliphatic heterocycles. The van der Waals surface area contributed by atoms with Gasteiger partial charge in [-0.15, -0.1) is 0 Å². The summed E-state index contributed by atoms with van der Waals surface area (Å²) in [6.07, 6.45) is 3.20. The monoisotopic (exact) mass is 326 g/mol. The molecule has 1 N–H and O–H groups in total. The molecule has 2 aromatic heterocycles. The summed E-state index contributed by atoms with van der Waals surface area (Å²) in [7, 11) is 0. The van der Waals surface area contributed by atoms with E-state index in [2.05, 4.69) is 15.4 Å². The third-order valence-corrected chi connectivity index (χ3v) is 3.53. The van der Waals surface area contributed by atoms with Crippen LogP contribution in [0.3, 0.4) is 0 Å². The van der Waals surface area contributed by atoms with Crippen molar-refractivity contribution >= 4 is 17.5 Å². The first-order valence-electron chi connectivity index (χ1n) is 7.13. The van der Waals surface area contributed by atoms with E-state index in [4.69, 9.17) is 11.6 Å². The number of hydrogen-bond donors (Lipinski definition) is 1. The van der Waals surface area contributed by atoms with Crippen molar-refractivity contribution in [1.82, 2.24) is 20.1 Å². The smallest absolute Gasteiger partial charge is 0.254 e. The van der Waals surface area contributed by atoms with Crippen LogP contribution < -0.4 is 5.32 Å². The Hall–Kier alpha value is -2.66. The topological polar surface area (TPSA) is 59.8 Å². The normalized spacial score (nSPS) is 10.5. The molecule has 0 saturated carbocycles. The summed E-state index contributed by atoms with van der Waals surface area (Å²) in [5.41, 5.74) is 3.03. The van der Waals surface area contributed by atoms with Gasteiger partial charge in [0.1, 0.15) is 0 Å². The molecule has 0 aliphatic carbocycles. The highest BCUT2D eigenvalue weighted by molar-refractivity contribution is 6.30. The Labute approximate surface area is 138 Å². The molecule has 23 heavy (non-hydrogen) atoms. The molecule has 0 saturated heterocycles. The largest absolute Gasteiger partial charge is 0.346 e. The number of hydrogen-bond acceptors (Lipinski definition) is 3. The fourth-order valence-corrected chi connectivity index (χ4v) is 2.36. The van der Waals surface area contributed by atoms with Crippen LogP contribution in [0.15, 0.2) is 54.9 Å². The average molecular weight is 327 g/mol. The summed E-state index contributed by atoms with van der Waals surface area (Å²) in [6, 6.07) is 13.0. The molecule has 3 rings (SSSR count). The van der Waals surface area contributed by atoms with E-state index in [9.17, 15) is 4.79 Å². The van der Waals surface area contributed by atoms with Gasteiger partial charge in [0, 0.05) is 16.9 Å². The SMILES string of the molecule is Cc1cccc(CNC(=O)c2cnn(-c3cccc(Cl)c3)c2)n1. The van der Waals surface area contributed by atoms with Crippen molar-refractivity contribution in [2.24, 2.45) is 0 Å². The van der Waals surface area contributed by atoms with Gasteiger partial charge in [0.15, 0.2) is 0 Å². The zero-order valence-electron chi connectivity index (χ0n) is 12.5. The van der Waals surface area contributed by atoms with E-state index in [-0.39, 0.29) is 5.91 Å². The van der Waals surface area contributed by atoms with Crippen LogP contribution in [0.2, 0.25) is 5.02 Å². The number of nitrogens with one attached hydrogen (secondary N) is 1. The molecule has 1 aromatic carbocycles. The first-order chi connectivity index (χ1) is 11.1. The Balaban J connectivity index is 1.69. The molecule has 1 amide bonds. The van der Waals surface area contributed by atoms with Gasteiger partial charge >= 0.3 is 0 Å². The van der Waals surface area contributed by atoms with Crippen LogP contribution in [0, 0.1) is 6.92 Å². The number of nitrogens with zero attached hydrogens (tertiary/aromatic N) is 3. The number of carbonyl (C=O) groups excluding carboxylic acids is 1. The van der Waals surface area contributed by atoms with Crippen LogP contribution in [-0.2, 0) is 6.54 Å². The van der Waals surface area contributed by atoms with Crippen molar-refractivity contribution in [3.05, 3.63) is 76.8 Å². The molecular weight excluding hydrogens is 312 g/mol. The lowest BCUT2D eigenvalue weighted by molar-refractivity contribution is 0.0950. The van der Waals surface area contributed by atoms with Crippen molar-refractivity contribution in [2.75, 3.05) is 0 Å². The molecule has 0 aliphatic rings. The van der Waals surface area contributed by atoms with Gasteiger partial charge < -0.3 is 5.32 Å². The predicted molar refractivity (Wildman–Crippen MR) is 88.7 cm³/mol. The Kier molecular flexibility index (Phi) is 4.39. The molecule has 0 spiro atoms. The Bertz CT molecular complexity index is 844. The number of rotatable bonds is 4.